The van der Waals surface area contributed by atoms with Crippen molar-refractivity contribution >= 4 is 7.82 Å². The molecule has 0 N–H and O–H groups in total. The third-order valence-electron chi connectivity index (χ3n) is 8.49. The minimum Gasteiger partial charge on any atom is -0.287 e. The van der Waals surface area contributed by atoms with Crippen LogP contribution < -0.4 is 0 Å². The Morgan fingerprint density at radius 2 is 0.452 bits per heavy atom. The van der Waals surface area contributed by atoms with E-state index >= 15 is 0 Å². The summed E-state index contributed by atoms with van der Waals surface area (Å²) < 4.78 is 30.4. The number of unbranched alkanes of at least 4 members (excludes halogenated alkanes) is 28. The van der Waals surface area contributed by atoms with Crippen molar-refractivity contribution in [2.24, 2.45) is 0 Å². The first-order chi connectivity index (χ1) is 20.7. The molecular weight excluding hydrogens is 539 g/mol. The second kappa shape index (κ2) is 35.6. The Balaban J connectivity index is 3.77. The van der Waals surface area contributed by atoms with Gasteiger partial charge in [0.15, 0.2) is 0 Å². The van der Waals surface area contributed by atoms with Crippen molar-refractivity contribution in [3.05, 3.63) is 0 Å². The highest BCUT2D eigenvalue weighted by Gasteiger charge is 2.26. The van der Waals surface area contributed by atoms with Crippen LogP contribution in [-0.4, -0.2) is 19.8 Å². The average Bonchev–Trinajstić information content (AvgIpc) is 2.99. The van der Waals surface area contributed by atoms with Crippen molar-refractivity contribution in [2.75, 3.05) is 19.8 Å². The summed E-state index contributed by atoms with van der Waals surface area (Å²) in [5.74, 6) is 0. The van der Waals surface area contributed by atoms with E-state index in [1.54, 1.807) is 0 Å². The summed E-state index contributed by atoms with van der Waals surface area (Å²) in [5, 5.41) is 0. The third kappa shape index (κ3) is 33.0. The van der Waals surface area contributed by atoms with Gasteiger partial charge in [-0.25, -0.2) is 4.57 Å². The van der Waals surface area contributed by atoms with Gasteiger partial charge in [-0.3, -0.25) is 13.6 Å². The predicted octanol–water partition coefficient (Wildman–Crippen LogP) is 14.3. The summed E-state index contributed by atoms with van der Waals surface area (Å²) >= 11 is 0. The monoisotopic (exact) mass is 617 g/mol. The molecule has 0 aromatic heterocycles. The molecule has 0 aromatic carbocycles. The van der Waals surface area contributed by atoms with Crippen LogP contribution in [0.5, 0.6) is 0 Å². The molecule has 42 heavy (non-hydrogen) atoms. The second-order valence-electron chi connectivity index (χ2n) is 12.8. The molecule has 254 valence electrons. The van der Waals surface area contributed by atoms with Crippen LogP contribution in [0.3, 0.4) is 0 Å². The van der Waals surface area contributed by atoms with E-state index in [-0.39, 0.29) is 0 Å². The van der Waals surface area contributed by atoms with Crippen molar-refractivity contribution in [2.45, 2.75) is 220 Å². The van der Waals surface area contributed by atoms with Gasteiger partial charge in [-0.15, -0.1) is 0 Å². The molecule has 0 bridgehead atoms. The molecule has 0 radical (unpaired) electrons. The summed E-state index contributed by atoms with van der Waals surface area (Å²) in [7, 11) is -3.43. The highest BCUT2D eigenvalue weighted by molar-refractivity contribution is 7.48. The number of hydrogen-bond acceptors (Lipinski definition) is 4. The summed E-state index contributed by atoms with van der Waals surface area (Å²) in [6, 6.07) is 0. The van der Waals surface area contributed by atoms with Crippen LogP contribution in [0.2, 0.25) is 0 Å². The van der Waals surface area contributed by atoms with Gasteiger partial charge >= 0.3 is 7.82 Å². The molecule has 0 aromatic rings. The van der Waals surface area contributed by atoms with E-state index in [4.69, 9.17) is 13.6 Å². The average molecular weight is 617 g/mol. The molecule has 0 unspecified atom stereocenters. The fraction of sp³-hybridized carbons (Fsp3) is 1.00. The standard InChI is InChI=1S/C37H77O4P/c1-4-7-10-12-14-16-18-20-22-24-26-28-30-33-36-40-42(38,39-35-32-9-6-3)41-37-34-31-29-27-25-23-21-19-17-15-13-11-8-5-2/h4-37H2,1-3H3. The van der Waals surface area contributed by atoms with Gasteiger partial charge in [-0.05, 0) is 19.3 Å². The Labute approximate surface area is 265 Å². The Hall–Kier alpha value is 0.110. The van der Waals surface area contributed by atoms with Crippen molar-refractivity contribution in [1.82, 2.24) is 0 Å². The minimum absolute atomic E-state index is 0.461. The Kier molecular flexibility index (Phi) is 35.7. The van der Waals surface area contributed by atoms with Crippen molar-refractivity contribution in [3.63, 3.8) is 0 Å². The molecule has 0 aliphatic heterocycles. The van der Waals surface area contributed by atoms with Gasteiger partial charge in [0.05, 0.1) is 19.8 Å². The van der Waals surface area contributed by atoms with Crippen LogP contribution in [0.4, 0.5) is 0 Å². The number of hydrogen-bond donors (Lipinski definition) is 0. The summed E-state index contributed by atoms with van der Waals surface area (Å²) in [4.78, 5) is 0. The highest BCUT2D eigenvalue weighted by atomic mass is 31.2. The Bertz CT molecular complexity index is 504. The first-order valence-corrected chi connectivity index (χ1v) is 20.7. The molecular formula is C37H77O4P. The molecule has 0 aliphatic carbocycles. The lowest BCUT2D eigenvalue weighted by atomic mass is 10.0. The van der Waals surface area contributed by atoms with E-state index in [2.05, 4.69) is 20.8 Å². The fourth-order valence-corrected chi connectivity index (χ4v) is 6.87. The zero-order valence-electron chi connectivity index (χ0n) is 29.1. The molecule has 0 aliphatic rings. The van der Waals surface area contributed by atoms with Gasteiger partial charge in [0.25, 0.3) is 0 Å². The second-order valence-corrected chi connectivity index (χ2v) is 14.5. The van der Waals surface area contributed by atoms with Crippen LogP contribution in [0.15, 0.2) is 0 Å². The van der Waals surface area contributed by atoms with Gasteiger partial charge in [-0.1, -0.05) is 201 Å². The molecule has 0 saturated heterocycles. The summed E-state index contributed by atoms with van der Waals surface area (Å²) in [6.07, 6.45) is 40.2. The molecule has 0 spiro atoms. The Morgan fingerprint density at radius 1 is 0.286 bits per heavy atom. The van der Waals surface area contributed by atoms with Crippen LogP contribution in [-0.2, 0) is 18.1 Å². The van der Waals surface area contributed by atoms with Crippen LogP contribution in [0.25, 0.3) is 0 Å². The molecule has 0 amide bonds. The number of phosphoric ester groups is 1. The fourth-order valence-electron chi connectivity index (χ4n) is 5.59. The molecule has 0 heterocycles. The van der Waals surface area contributed by atoms with Gasteiger partial charge < -0.3 is 0 Å². The van der Waals surface area contributed by atoms with Gasteiger partial charge in [0.1, 0.15) is 0 Å². The molecule has 0 fully saturated rings. The summed E-state index contributed by atoms with van der Waals surface area (Å²) in [6.45, 7) is 8.14. The molecule has 0 rings (SSSR count). The van der Waals surface area contributed by atoms with E-state index in [1.807, 2.05) is 0 Å². The van der Waals surface area contributed by atoms with E-state index in [1.165, 1.54) is 154 Å². The van der Waals surface area contributed by atoms with Crippen molar-refractivity contribution in [3.8, 4) is 0 Å². The molecule has 0 atom stereocenters. The molecule has 0 saturated carbocycles. The van der Waals surface area contributed by atoms with Crippen molar-refractivity contribution < 1.29 is 18.1 Å². The van der Waals surface area contributed by atoms with Gasteiger partial charge in [-0.2, -0.15) is 0 Å². The van der Waals surface area contributed by atoms with Crippen LogP contribution in [0.1, 0.15) is 220 Å². The largest absolute Gasteiger partial charge is 0.474 e. The lowest BCUT2D eigenvalue weighted by Gasteiger charge is -2.18. The van der Waals surface area contributed by atoms with Crippen LogP contribution in [0, 0.1) is 0 Å². The maximum Gasteiger partial charge on any atom is 0.474 e. The topological polar surface area (TPSA) is 44.8 Å². The summed E-state index contributed by atoms with van der Waals surface area (Å²) in [5.41, 5.74) is 0. The van der Waals surface area contributed by atoms with E-state index in [0.29, 0.717) is 19.8 Å². The Morgan fingerprint density at radius 3 is 0.690 bits per heavy atom. The lowest BCUT2D eigenvalue weighted by Crippen LogP contribution is -2.04. The maximum atomic E-state index is 13.2. The third-order valence-corrected chi connectivity index (χ3v) is 9.99. The smallest absolute Gasteiger partial charge is 0.287 e. The van der Waals surface area contributed by atoms with Crippen LogP contribution >= 0.6 is 7.82 Å². The van der Waals surface area contributed by atoms with Gasteiger partial charge in [0, 0.05) is 0 Å². The number of phosphoric acid groups is 1. The first-order valence-electron chi connectivity index (χ1n) is 19.2. The quantitative estimate of drug-likeness (QED) is 0.0514. The SMILES string of the molecule is CCCCCCCCCCCCCCCCOP(=O)(OCCCCC)OCCCCCCCCCCCCCCCC. The lowest BCUT2D eigenvalue weighted by molar-refractivity contribution is 0.108. The predicted molar refractivity (Wildman–Crippen MR) is 186 cm³/mol. The minimum atomic E-state index is -3.43. The van der Waals surface area contributed by atoms with E-state index < -0.39 is 7.82 Å². The normalized spacial score (nSPS) is 12.0. The van der Waals surface area contributed by atoms with Gasteiger partial charge in [0.2, 0.25) is 0 Å². The first kappa shape index (κ1) is 42.1. The molecule has 5 heteroatoms. The maximum absolute atomic E-state index is 13.2. The number of rotatable bonds is 37. The zero-order chi connectivity index (χ0) is 30.7. The van der Waals surface area contributed by atoms with Crippen molar-refractivity contribution in [1.29, 1.82) is 0 Å². The zero-order valence-corrected chi connectivity index (χ0v) is 30.0. The highest BCUT2D eigenvalue weighted by Crippen LogP contribution is 2.50. The van der Waals surface area contributed by atoms with E-state index in [9.17, 15) is 4.57 Å². The van der Waals surface area contributed by atoms with E-state index in [0.717, 1.165) is 44.9 Å². The molecule has 4 nitrogen and oxygen atoms in total.